The van der Waals surface area contributed by atoms with Crippen molar-refractivity contribution in [3.63, 3.8) is 0 Å². The Balaban J connectivity index is 1.53. The molecule has 1 fully saturated rings. The van der Waals surface area contributed by atoms with Gasteiger partial charge in [-0.3, -0.25) is 4.79 Å². The molecular weight excluding hydrogens is 409 g/mol. The van der Waals surface area contributed by atoms with Crippen molar-refractivity contribution in [1.82, 2.24) is 4.90 Å². The molecule has 2 aliphatic rings. The van der Waals surface area contributed by atoms with Gasteiger partial charge in [0.1, 0.15) is 5.82 Å². The van der Waals surface area contributed by atoms with Gasteiger partial charge in [-0.25, -0.2) is 4.39 Å². The monoisotopic (exact) mass is 437 g/mol. The summed E-state index contributed by atoms with van der Waals surface area (Å²) in [5.74, 6) is 0.317. The fourth-order valence-electron chi connectivity index (χ4n) is 5.32. The van der Waals surface area contributed by atoms with E-state index in [0.29, 0.717) is 18.0 Å². The van der Waals surface area contributed by atoms with Crippen molar-refractivity contribution in [2.45, 2.75) is 25.9 Å². The lowest BCUT2D eigenvalue weighted by molar-refractivity contribution is -0.134. The first-order valence-corrected chi connectivity index (χ1v) is 11.7. The number of hydrogen-bond acceptors (Lipinski definition) is 1. The number of amides is 1. The molecular formula is C30H28FNO. The standard InChI is InChI=1S/C30H28FNO/c1-21-9-8-14-26-28(21)30(33)32(20-23-12-6-3-7-13-23)29(26)25-17-18-27(31)24(19-25)16-15-22-10-4-2-5-11-22/h2-8,10-19,21,26,28-29H,9,20H2,1H3/t21-,26+,28+,29+/m1/s1. The molecule has 3 heteroatoms. The minimum atomic E-state index is -0.256. The molecule has 0 N–H and O–H groups in total. The van der Waals surface area contributed by atoms with Gasteiger partial charge in [0.2, 0.25) is 5.91 Å². The third-order valence-electron chi connectivity index (χ3n) is 6.97. The molecule has 1 aliphatic carbocycles. The van der Waals surface area contributed by atoms with Crippen molar-refractivity contribution < 1.29 is 9.18 Å². The van der Waals surface area contributed by atoms with E-state index in [2.05, 4.69) is 31.2 Å². The predicted molar refractivity (Wildman–Crippen MR) is 131 cm³/mol. The summed E-state index contributed by atoms with van der Waals surface area (Å²) in [5, 5.41) is 0. The number of carbonyl (C=O) groups excluding carboxylic acids is 1. The fourth-order valence-corrected chi connectivity index (χ4v) is 5.32. The molecule has 166 valence electrons. The van der Waals surface area contributed by atoms with E-state index in [0.717, 1.165) is 23.1 Å². The second-order valence-electron chi connectivity index (χ2n) is 9.17. The van der Waals surface area contributed by atoms with Crippen LogP contribution in [0.5, 0.6) is 0 Å². The number of halogens is 1. The zero-order valence-corrected chi connectivity index (χ0v) is 18.8. The van der Waals surface area contributed by atoms with Crippen molar-refractivity contribution in [1.29, 1.82) is 0 Å². The Kier molecular flexibility index (Phi) is 5.95. The lowest BCUT2D eigenvalue weighted by Gasteiger charge is -2.29. The van der Waals surface area contributed by atoms with Gasteiger partial charge in [-0.2, -0.15) is 0 Å². The molecule has 3 aromatic rings. The van der Waals surface area contributed by atoms with Crippen molar-refractivity contribution in [3.8, 4) is 0 Å². The maximum Gasteiger partial charge on any atom is 0.227 e. The summed E-state index contributed by atoms with van der Waals surface area (Å²) < 4.78 is 14.7. The van der Waals surface area contributed by atoms with Gasteiger partial charge < -0.3 is 4.90 Å². The molecule has 0 saturated carbocycles. The van der Waals surface area contributed by atoms with Gasteiger partial charge in [0.15, 0.2) is 0 Å². The minimum Gasteiger partial charge on any atom is -0.330 e. The highest BCUT2D eigenvalue weighted by atomic mass is 19.1. The van der Waals surface area contributed by atoms with Crippen LogP contribution >= 0.6 is 0 Å². The predicted octanol–water partition coefficient (Wildman–Crippen LogP) is 6.91. The first-order chi connectivity index (χ1) is 16.1. The highest BCUT2D eigenvalue weighted by Crippen LogP contribution is 2.49. The third kappa shape index (κ3) is 4.28. The van der Waals surface area contributed by atoms with E-state index in [1.165, 1.54) is 6.07 Å². The molecule has 0 aromatic heterocycles. The zero-order valence-electron chi connectivity index (χ0n) is 18.8. The number of benzene rings is 3. The Bertz CT molecular complexity index is 1180. The number of nitrogens with zero attached hydrogens (tertiary/aromatic N) is 1. The molecule has 2 nitrogen and oxygen atoms in total. The van der Waals surface area contributed by atoms with Crippen molar-refractivity contribution >= 4 is 18.1 Å². The summed E-state index contributed by atoms with van der Waals surface area (Å²) >= 11 is 0. The van der Waals surface area contributed by atoms with Crippen LogP contribution in [0.1, 0.15) is 41.6 Å². The molecule has 5 rings (SSSR count). The number of rotatable bonds is 5. The van der Waals surface area contributed by atoms with Crippen LogP contribution in [0.15, 0.2) is 91.0 Å². The molecule has 4 atom stereocenters. The third-order valence-corrected chi connectivity index (χ3v) is 6.97. The average molecular weight is 438 g/mol. The summed E-state index contributed by atoms with van der Waals surface area (Å²) in [6, 6.07) is 25.2. The Morgan fingerprint density at radius 2 is 1.70 bits per heavy atom. The Hall–Kier alpha value is -3.46. The summed E-state index contributed by atoms with van der Waals surface area (Å²) in [5.41, 5.74) is 3.66. The molecule has 3 aromatic carbocycles. The first kappa shape index (κ1) is 21.4. The Labute approximate surface area is 195 Å². The molecule has 0 radical (unpaired) electrons. The van der Waals surface area contributed by atoms with Crippen molar-refractivity contribution in [3.05, 3.63) is 119 Å². The van der Waals surface area contributed by atoms with Crippen LogP contribution in [-0.2, 0) is 11.3 Å². The van der Waals surface area contributed by atoms with Gasteiger partial charge in [0.25, 0.3) is 0 Å². The molecule has 0 unspecified atom stereocenters. The highest BCUT2D eigenvalue weighted by molar-refractivity contribution is 5.83. The van der Waals surface area contributed by atoms with Crippen LogP contribution in [0.3, 0.4) is 0 Å². The van der Waals surface area contributed by atoms with Crippen LogP contribution in [0.4, 0.5) is 4.39 Å². The molecule has 0 bridgehead atoms. The van der Waals surface area contributed by atoms with Crippen LogP contribution < -0.4 is 0 Å². The summed E-state index contributed by atoms with van der Waals surface area (Å²) in [4.78, 5) is 15.6. The van der Waals surface area contributed by atoms with Gasteiger partial charge in [-0.05, 0) is 41.2 Å². The van der Waals surface area contributed by atoms with E-state index in [1.807, 2.05) is 77.7 Å². The van der Waals surface area contributed by atoms with Crippen LogP contribution in [0, 0.1) is 23.6 Å². The lowest BCUT2D eigenvalue weighted by atomic mass is 9.75. The van der Waals surface area contributed by atoms with E-state index < -0.39 is 0 Å². The van der Waals surface area contributed by atoms with Crippen LogP contribution in [0.2, 0.25) is 0 Å². The topological polar surface area (TPSA) is 20.3 Å². The normalized spacial score (nSPS) is 24.4. The van der Waals surface area contributed by atoms with Crippen molar-refractivity contribution in [2.24, 2.45) is 17.8 Å². The number of hydrogen-bond donors (Lipinski definition) is 0. The first-order valence-electron chi connectivity index (χ1n) is 11.7. The SMILES string of the molecule is C[C@@H]1CC=C[C@H]2[C@H]1C(=O)N(Cc1ccccc1)[C@H]2c1ccc(F)c(C=Cc2ccccc2)c1. The number of allylic oxidation sites excluding steroid dienone is 1. The quantitative estimate of drug-likeness (QED) is 0.314. The largest absolute Gasteiger partial charge is 0.330 e. The molecule has 1 aliphatic heterocycles. The van der Waals surface area contributed by atoms with Crippen molar-refractivity contribution in [2.75, 3.05) is 0 Å². The van der Waals surface area contributed by atoms with E-state index in [-0.39, 0.29) is 29.6 Å². The summed E-state index contributed by atoms with van der Waals surface area (Å²) in [6.07, 6.45) is 9.09. The minimum absolute atomic E-state index is 0.0305. The summed E-state index contributed by atoms with van der Waals surface area (Å²) in [7, 11) is 0. The molecule has 0 spiro atoms. The Morgan fingerprint density at radius 1 is 0.970 bits per heavy atom. The second-order valence-corrected chi connectivity index (χ2v) is 9.17. The average Bonchev–Trinajstić information content (AvgIpc) is 3.12. The van der Waals surface area contributed by atoms with E-state index in [1.54, 1.807) is 0 Å². The summed E-state index contributed by atoms with van der Waals surface area (Å²) in [6.45, 7) is 2.73. The number of carbonyl (C=O) groups is 1. The van der Waals surface area contributed by atoms with Crippen LogP contribution in [0.25, 0.3) is 12.2 Å². The number of fused-ring (bicyclic) bond motifs is 1. The maximum atomic E-state index is 14.7. The van der Waals surface area contributed by atoms with Gasteiger partial charge >= 0.3 is 0 Å². The smallest absolute Gasteiger partial charge is 0.227 e. The van der Waals surface area contributed by atoms with E-state index in [9.17, 15) is 9.18 Å². The zero-order chi connectivity index (χ0) is 22.8. The highest BCUT2D eigenvalue weighted by Gasteiger charge is 2.50. The van der Waals surface area contributed by atoms with Gasteiger partial charge in [-0.1, -0.05) is 98.0 Å². The molecule has 1 amide bonds. The Morgan fingerprint density at radius 3 is 2.45 bits per heavy atom. The molecule has 1 heterocycles. The van der Waals surface area contributed by atoms with E-state index >= 15 is 0 Å². The fraction of sp³-hybridized carbons (Fsp3) is 0.233. The second kappa shape index (κ2) is 9.19. The molecule has 1 saturated heterocycles. The van der Waals surface area contributed by atoms with Gasteiger partial charge in [-0.15, -0.1) is 0 Å². The van der Waals surface area contributed by atoms with Crippen LogP contribution in [-0.4, -0.2) is 10.8 Å². The number of likely N-dealkylation sites (tertiary alicyclic amines) is 1. The van der Waals surface area contributed by atoms with E-state index in [4.69, 9.17) is 0 Å². The van der Waals surface area contributed by atoms with Gasteiger partial charge in [0.05, 0.1) is 6.04 Å². The molecule has 33 heavy (non-hydrogen) atoms. The lowest BCUT2D eigenvalue weighted by Crippen LogP contribution is -2.30. The van der Waals surface area contributed by atoms with Gasteiger partial charge in [0, 0.05) is 23.9 Å². The maximum absolute atomic E-state index is 14.7.